The van der Waals surface area contributed by atoms with Gasteiger partial charge >= 0.3 is 0 Å². The van der Waals surface area contributed by atoms with E-state index in [1.54, 1.807) is 23.0 Å². The average molecular weight is 398 g/mol. The summed E-state index contributed by atoms with van der Waals surface area (Å²) in [7, 11) is 1.77. The van der Waals surface area contributed by atoms with E-state index in [0.717, 1.165) is 37.7 Å². The van der Waals surface area contributed by atoms with Gasteiger partial charge in [0.15, 0.2) is 5.16 Å². The second-order valence-electron chi connectivity index (χ2n) is 6.40. The molecule has 0 saturated carbocycles. The van der Waals surface area contributed by atoms with Crippen molar-refractivity contribution in [2.75, 3.05) is 0 Å². The summed E-state index contributed by atoms with van der Waals surface area (Å²) < 4.78 is 7.45. The van der Waals surface area contributed by atoms with Crippen LogP contribution in [0.5, 0.6) is 0 Å². The third-order valence-electron chi connectivity index (χ3n) is 4.62. The summed E-state index contributed by atoms with van der Waals surface area (Å²) in [6, 6.07) is 9.84. The molecule has 0 fully saturated rings. The standard InChI is InChI=1S/C20H19N3O2S2/c1-11-13(3)27-18-16(11)19(24)23(4)20(22-18)26-10-15-12(2)25-17(21-15)14-8-6-5-7-9-14/h5-9H,10H2,1-4H3. The summed E-state index contributed by atoms with van der Waals surface area (Å²) in [5.74, 6) is 2.00. The zero-order chi connectivity index (χ0) is 19.1. The Morgan fingerprint density at radius 3 is 2.63 bits per heavy atom. The van der Waals surface area contributed by atoms with Gasteiger partial charge in [0.2, 0.25) is 5.89 Å². The number of rotatable bonds is 4. The predicted molar refractivity (Wildman–Crippen MR) is 111 cm³/mol. The van der Waals surface area contributed by atoms with Crippen molar-refractivity contribution in [3.8, 4) is 11.5 Å². The summed E-state index contributed by atoms with van der Waals surface area (Å²) >= 11 is 3.07. The molecular formula is C20H19N3O2S2. The number of thiophene rings is 1. The van der Waals surface area contributed by atoms with Gasteiger partial charge in [-0.15, -0.1) is 11.3 Å². The lowest BCUT2D eigenvalue weighted by molar-refractivity contribution is 0.540. The molecule has 7 heteroatoms. The number of hydrogen-bond acceptors (Lipinski definition) is 6. The molecular weight excluding hydrogens is 378 g/mol. The molecule has 0 saturated heterocycles. The van der Waals surface area contributed by atoms with Crippen LogP contribution in [0.3, 0.4) is 0 Å². The molecule has 3 aromatic heterocycles. The Morgan fingerprint density at radius 1 is 1.15 bits per heavy atom. The lowest BCUT2D eigenvalue weighted by atomic mass is 10.2. The van der Waals surface area contributed by atoms with Gasteiger partial charge in [-0.25, -0.2) is 9.97 Å². The molecule has 138 valence electrons. The van der Waals surface area contributed by atoms with E-state index in [9.17, 15) is 4.79 Å². The molecule has 0 amide bonds. The fourth-order valence-electron chi connectivity index (χ4n) is 2.88. The van der Waals surface area contributed by atoms with Crippen LogP contribution >= 0.6 is 23.1 Å². The molecule has 3 heterocycles. The van der Waals surface area contributed by atoms with Crippen molar-refractivity contribution in [1.82, 2.24) is 14.5 Å². The Morgan fingerprint density at radius 2 is 1.89 bits per heavy atom. The van der Waals surface area contributed by atoms with Crippen molar-refractivity contribution >= 4 is 33.3 Å². The molecule has 0 aliphatic rings. The first-order chi connectivity index (χ1) is 13.0. The summed E-state index contributed by atoms with van der Waals surface area (Å²) in [4.78, 5) is 24.0. The molecule has 4 rings (SSSR count). The first-order valence-electron chi connectivity index (χ1n) is 8.57. The number of benzene rings is 1. The molecule has 5 nitrogen and oxygen atoms in total. The van der Waals surface area contributed by atoms with Gasteiger partial charge in [-0.05, 0) is 38.5 Å². The van der Waals surface area contributed by atoms with Crippen molar-refractivity contribution in [2.45, 2.75) is 31.7 Å². The third kappa shape index (κ3) is 3.21. The van der Waals surface area contributed by atoms with Crippen molar-refractivity contribution in [3.63, 3.8) is 0 Å². The minimum atomic E-state index is 0.00574. The zero-order valence-electron chi connectivity index (χ0n) is 15.6. The van der Waals surface area contributed by atoms with Crippen molar-refractivity contribution < 1.29 is 4.42 Å². The summed E-state index contributed by atoms with van der Waals surface area (Å²) in [6.45, 7) is 5.92. The first-order valence-corrected chi connectivity index (χ1v) is 10.4. The van der Waals surface area contributed by atoms with Gasteiger partial charge in [-0.2, -0.15) is 0 Å². The highest BCUT2D eigenvalue weighted by atomic mass is 32.2. The van der Waals surface area contributed by atoms with E-state index in [0.29, 0.717) is 16.8 Å². The molecule has 0 radical (unpaired) electrons. The number of thioether (sulfide) groups is 1. The van der Waals surface area contributed by atoms with E-state index >= 15 is 0 Å². The largest absolute Gasteiger partial charge is 0.441 e. The second kappa shape index (κ2) is 6.98. The van der Waals surface area contributed by atoms with Gasteiger partial charge < -0.3 is 4.42 Å². The van der Waals surface area contributed by atoms with Crippen LogP contribution in [0.4, 0.5) is 0 Å². The minimum absolute atomic E-state index is 0.00574. The third-order valence-corrected chi connectivity index (χ3v) is 6.76. The highest BCUT2D eigenvalue weighted by Gasteiger charge is 2.17. The molecule has 0 aliphatic carbocycles. The van der Waals surface area contributed by atoms with E-state index in [4.69, 9.17) is 9.40 Å². The van der Waals surface area contributed by atoms with Crippen LogP contribution in [0, 0.1) is 20.8 Å². The van der Waals surface area contributed by atoms with Gasteiger partial charge in [-0.3, -0.25) is 9.36 Å². The fraction of sp³-hybridized carbons (Fsp3) is 0.250. The number of hydrogen-bond donors (Lipinski definition) is 0. The smallest absolute Gasteiger partial charge is 0.262 e. The van der Waals surface area contributed by atoms with Gasteiger partial charge in [0.25, 0.3) is 5.56 Å². The predicted octanol–water partition coefficient (Wildman–Crippen LogP) is 4.87. The molecule has 0 atom stereocenters. The van der Waals surface area contributed by atoms with Gasteiger partial charge in [0.1, 0.15) is 10.6 Å². The maximum absolute atomic E-state index is 12.7. The zero-order valence-corrected chi connectivity index (χ0v) is 17.2. The Bertz CT molecular complexity index is 1190. The molecule has 0 aliphatic heterocycles. The minimum Gasteiger partial charge on any atom is -0.441 e. The molecule has 0 N–H and O–H groups in total. The lowest BCUT2D eigenvalue weighted by Gasteiger charge is -2.06. The quantitative estimate of drug-likeness (QED) is 0.363. The number of oxazole rings is 1. The Balaban J connectivity index is 1.64. The maximum Gasteiger partial charge on any atom is 0.262 e. The van der Waals surface area contributed by atoms with Gasteiger partial charge in [-0.1, -0.05) is 30.0 Å². The molecule has 0 bridgehead atoms. The van der Waals surface area contributed by atoms with Crippen LogP contribution in [0.2, 0.25) is 0 Å². The maximum atomic E-state index is 12.7. The Hall–Kier alpha value is -2.38. The van der Waals surface area contributed by atoms with E-state index in [-0.39, 0.29) is 5.56 Å². The Labute approximate surface area is 165 Å². The van der Waals surface area contributed by atoms with E-state index in [2.05, 4.69) is 4.98 Å². The van der Waals surface area contributed by atoms with E-state index in [1.165, 1.54) is 11.8 Å². The molecule has 0 unspecified atom stereocenters. The van der Waals surface area contributed by atoms with Crippen molar-refractivity contribution in [1.29, 1.82) is 0 Å². The highest BCUT2D eigenvalue weighted by Crippen LogP contribution is 2.30. The van der Waals surface area contributed by atoms with Gasteiger partial charge in [0.05, 0.1) is 11.1 Å². The van der Waals surface area contributed by atoms with Crippen LogP contribution in [0.25, 0.3) is 21.7 Å². The lowest BCUT2D eigenvalue weighted by Crippen LogP contribution is -2.19. The van der Waals surface area contributed by atoms with Crippen molar-refractivity contribution in [2.24, 2.45) is 7.05 Å². The van der Waals surface area contributed by atoms with Crippen LogP contribution < -0.4 is 5.56 Å². The van der Waals surface area contributed by atoms with Crippen LogP contribution in [0.15, 0.2) is 44.7 Å². The molecule has 0 spiro atoms. The SMILES string of the molecule is Cc1oc(-c2ccccc2)nc1CSc1nc2sc(C)c(C)c2c(=O)n1C. The second-order valence-corrected chi connectivity index (χ2v) is 8.54. The molecule has 27 heavy (non-hydrogen) atoms. The number of aromatic nitrogens is 3. The van der Waals surface area contributed by atoms with E-state index in [1.807, 2.05) is 51.1 Å². The Kier molecular flexibility index (Phi) is 4.65. The van der Waals surface area contributed by atoms with Crippen LogP contribution in [0.1, 0.15) is 21.9 Å². The summed E-state index contributed by atoms with van der Waals surface area (Å²) in [5, 5.41) is 1.42. The summed E-state index contributed by atoms with van der Waals surface area (Å²) in [5.41, 5.74) is 2.85. The van der Waals surface area contributed by atoms with E-state index < -0.39 is 0 Å². The highest BCUT2D eigenvalue weighted by molar-refractivity contribution is 7.98. The topological polar surface area (TPSA) is 60.9 Å². The van der Waals surface area contributed by atoms with Crippen LogP contribution in [-0.2, 0) is 12.8 Å². The normalized spacial score (nSPS) is 11.4. The first kappa shape index (κ1) is 18.0. The molecule has 1 aromatic carbocycles. The number of nitrogens with zero attached hydrogens (tertiary/aromatic N) is 3. The van der Waals surface area contributed by atoms with Gasteiger partial charge in [0, 0.05) is 23.2 Å². The molecule has 4 aromatic rings. The fourth-order valence-corrected chi connectivity index (χ4v) is 4.93. The number of aryl methyl sites for hydroxylation is 3. The summed E-state index contributed by atoms with van der Waals surface area (Å²) in [6.07, 6.45) is 0. The van der Waals surface area contributed by atoms with Crippen LogP contribution in [-0.4, -0.2) is 14.5 Å². The van der Waals surface area contributed by atoms with Crippen molar-refractivity contribution in [3.05, 3.63) is 62.6 Å². The number of fused-ring (bicyclic) bond motifs is 1. The average Bonchev–Trinajstić information content (AvgIpc) is 3.17. The monoisotopic (exact) mass is 397 g/mol.